The van der Waals surface area contributed by atoms with Gasteiger partial charge in [0, 0.05) is 36.9 Å². The highest BCUT2D eigenvalue weighted by Crippen LogP contribution is 2.24. The minimum atomic E-state index is -0.0307. The number of hydrogen-bond donors (Lipinski definition) is 0. The van der Waals surface area contributed by atoms with Gasteiger partial charge in [0.2, 0.25) is 0 Å². The molecule has 2 aliphatic rings. The predicted molar refractivity (Wildman–Crippen MR) is 102 cm³/mol. The van der Waals surface area contributed by atoms with Crippen LogP contribution in [0.5, 0.6) is 0 Å². The molecule has 2 amide bonds. The third-order valence-electron chi connectivity index (χ3n) is 5.94. The summed E-state index contributed by atoms with van der Waals surface area (Å²) in [6.07, 6.45) is 10.2. The van der Waals surface area contributed by atoms with Crippen LogP contribution in [0, 0.1) is 0 Å². The molecule has 0 N–H and O–H groups in total. The number of piperidine rings is 2. The van der Waals surface area contributed by atoms with Gasteiger partial charge in [-0.1, -0.05) is 13.8 Å². The smallest absolute Gasteiger partial charge is 0.272 e. The van der Waals surface area contributed by atoms with E-state index in [2.05, 4.69) is 18.8 Å². The predicted octanol–water partition coefficient (Wildman–Crippen LogP) is 3.89. The van der Waals surface area contributed by atoms with Crippen LogP contribution >= 0.6 is 0 Å². The van der Waals surface area contributed by atoms with Gasteiger partial charge in [-0.15, -0.1) is 0 Å². The molecule has 3 rings (SSSR count). The van der Waals surface area contributed by atoms with Crippen LogP contribution in [0.2, 0.25) is 0 Å². The molecule has 0 aliphatic carbocycles. The maximum Gasteiger partial charge on any atom is 0.272 e. The minimum absolute atomic E-state index is 0.0307. The maximum absolute atomic E-state index is 13.0. The van der Waals surface area contributed by atoms with Gasteiger partial charge in [-0.25, -0.2) is 0 Å². The van der Waals surface area contributed by atoms with Crippen molar-refractivity contribution in [1.82, 2.24) is 14.8 Å². The lowest BCUT2D eigenvalue weighted by Gasteiger charge is -2.36. The van der Waals surface area contributed by atoms with Crippen LogP contribution in [0.3, 0.4) is 0 Å². The Hall–Kier alpha value is -1.91. The molecule has 1 aromatic rings. The van der Waals surface area contributed by atoms with Gasteiger partial charge in [0.1, 0.15) is 5.69 Å². The van der Waals surface area contributed by atoms with Crippen molar-refractivity contribution in [2.24, 2.45) is 0 Å². The Bertz CT molecular complexity index is 595. The molecule has 0 saturated carbocycles. The van der Waals surface area contributed by atoms with Crippen molar-refractivity contribution in [2.75, 3.05) is 13.1 Å². The molecule has 5 heteroatoms. The minimum Gasteiger partial charge on any atom is -0.336 e. The van der Waals surface area contributed by atoms with Crippen LogP contribution in [0.25, 0.3) is 0 Å². The van der Waals surface area contributed by atoms with Crippen molar-refractivity contribution >= 4 is 11.8 Å². The Morgan fingerprint density at radius 2 is 1.54 bits per heavy atom. The average Bonchev–Trinajstić information content (AvgIpc) is 2.72. The molecule has 5 nitrogen and oxygen atoms in total. The lowest BCUT2D eigenvalue weighted by molar-refractivity contribution is 0.0600. The van der Waals surface area contributed by atoms with E-state index >= 15 is 0 Å². The largest absolute Gasteiger partial charge is 0.336 e. The number of amides is 2. The molecular weight excluding hydrogens is 326 g/mol. The van der Waals surface area contributed by atoms with Gasteiger partial charge < -0.3 is 9.80 Å². The monoisotopic (exact) mass is 357 g/mol. The molecular formula is C21H31N3O2. The van der Waals surface area contributed by atoms with Gasteiger partial charge in [0.25, 0.3) is 11.8 Å². The summed E-state index contributed by atoms with van der Waals surface area (Å²) in [7, 11) is 0. The molecule has 2 aliphatic heterocycles. The lowest BCUT2D eigenvalue weighted by Crippen LogP contribution is -2.44. The highest BCUT2D eigenvalue weighted by Gasteiger charge is 2.29. The van der Waals surface area contributed by atoms with Crippen molar-refractivity contribution in [3.05, 3.63) is 29.6 Å². The van der Waals surface area contributed by atoms with E-state index in [1.54, 1.807) is 18.3 Å². The fourth-order valence-electron chi connectivity index (χ4n) is 4.38. The first-order chi connectivity index (χ1) is 12.7. The van der Waals surface area contributed by atoms with E-state index in [4.69, 9.17) is 0 Å². The summed E-state index contributed by atoms with van der Waals surface area (Å²) in [4.78, 5) is 34.2. The summed E-state index contributed by atoms with van der Waals surface area (Å²) in [6, 6.07) is 4.06. The first-order valence-electron chi connectivity index (χ1n) is 10.2. The zero-order valence-corrected chi connectivity index (χ0v) is 16.1. The molecule has 3 heterocycles. The molecule has 2 unspecified atom stereocenters. The number of carbonyl (C=O) groups excluding carboxylic acids is 2. The van der Waals surface area contributed by atoms with E-state index in [9.17, 15) is 9.59 Å². The third kappa shape index (κ3) is 3.92. The molecule has 26 heavy (non-hydrogen) atoms. The summed E-state index contributed by atoms with van der Waals surface area (Å²) < 4.78 is 0. The van der Waals surface area contributed by atoms with Crippen LogP contribution in [0.15, 0.2) is 18.3 Å². The number of likely N-dealkylation sites (tertiary alicyclic amines) is 2. The molecule has 2 saturated heterocycles. The fraction of sp³-hybridized carbons (Fsp3) is 0.667. The Morgan fingerprint density at radius 1 is 0.962 bits per heavy atom. The van der Waals surface area contributed by atoms with Gasteiger partial charge in [-0.2, -0.15) is 0 Å². The molecule has 0 radical (unpaired) electrons. The number of rotatable bonds is 4. The van der Waals surface area contributed by atoms with Crippen LogP contribution in [-0.2, 0) is 0 Å². The Morgan fingerprint density at radius 3 is 2.12 bits per heavy atom. The second kappa shape index (κ2) is 8.65. The molecule has 0 bridgehead atoms. The Kier molecular flexibility index (Phi) is 6.28. The second-order valence-electron chi connectivity index (χ2n) is 7.54. The normalized spacial score (nSPS) is 23.8. The van der Waals surface area contributed by atoms with Crippen molar-refractivity contribution in [3.63, 3.8) is 0 Å². The topological polar surface area (TPSA) is 53.5 Å². The number of hydrogen-bond acceptors (Lipinski definition) is 3. The summed E-state index contributed by atoms with van der Waals surface area (Å²) in [5.74, 6) is 0.00979. The highest BCUT2D eigenvalue weighted by atomic mass is 16.2. The van der Waals surface area contributed by atoms with E-state index in [0.29, 0.717) is 23.3 Å². The van der Waals surface area contributed by atoms with Crippen molar-refractivity contribution in [2.45, 2.75) is 77.3 Å². The first kappa shape index (κ1) is 18.9. The quantitative estimate of drug-likeness (QED) is 0.821. The van der Waals surface area contributed by atoms with Gasteiger partial charge in [-0.05, 0) is 63.5 Å². The van der Waals surface area contributed by atoms with E-state index in [1.165, 1.54) is 12.8 Å². The Balaban J connectivity index is 1.79. The van der Waals surface area contributed by atoms with Crippen molar-refractivity contribution in [3.8, 4) is 0 Å². The average molecular weight is 357 g/mol. The van der Waals surface area contributed by atoms with Gasteiger partial charge in [0.05, 0.1) is 0 Å². The van der Waals surface area contributed by atoms with E-state index in [1.807, 2.05) is 9.80 Å². The molecule has 142 valence electrons. The summed E-state index contributed by atoms with van der Waals surface area (Å²) in [6.45, 7) is 5.87. The van der Waals surface area contributed by atoms with Crippen molar-refractivity contribution in [1.29, 1.82) is 0 Å². The zero-order valence-electron chi connectivity index (χ0n) is 16.1. The fourth-order valence-corrected chi connectivity index (χ4v) is 4.38. The molecule has 0 aromatic carbocycles. The zero-order chi connectivity index (χ0) is 18.5. The molecule has 0 spiro atoms. The van der Waals surface area contributed by atoms with Gasteiger partial charge in [0.15, 0.2) is 0 Å². The molecule has 2 atom stereocenters. The summed E-state index contributed by atoms with van der Waals surface area (Å²) in [5, 5.41) is 0. The van der Waals surface area contributed by atoms with E-state index < -0.39 is 0 Å². The van der Waals surface area contributed by atoms with Gasteiger partial charge in [-0.3, -0.25) is 14.6 Å². The number of nitrogens with zero attached hydrogens (tertiary/aromatic N) is 3. The third-order valence-corrected chi connectivity index (χ3v) is 5.94. The highest BCUT2D eigenvalue weighted by molar-refractivity contribution is 5.98. The van der Waals surface area contributed by atoms with E-state index in [-0.39, 0.29) is 11.8 Å². The number of aromatic nitrogens is 1. The summed E-state index contributed by atoms with van der Waals surface area (Å²) in [5.41, 5.74) is 0.995. The first-order valence-corrected chi connectivity index (χ1v) is 10.2. The standard InChI is InChI=1S/C21H31N3O2/c1-3-17-9-5-7-13-23(17)20(25)16-11-12-22-19(15-16)21(26)24-14-8-6-10-18(24)4-2/h11-12,15,17-18H,3-10,13-14H2,1-2H3. The van der Waals surface area contributed by atoms with Crippen LogP contribution in [0.4, 0.5) is 0 Å². The van der Waals surface area contributed by atoms with E-state index in [0.717, 1.165) is 51.6 Å². The summed E-state index contributed by atoms with van der Waals surface area (Å²) >= 11 is 0. The Labute approximate surface area is 156 Å². The number of pyridine rings is 1. The van der Waals surface area contributed by atoms with Crippen molar-refractivity contribution < 1.29 is 9.59 Å². The second-order valence-corrected chi connectivity index (χ2v) is 7.54. The van der Waals surface area contributed by atoms with Gasteiger partial charge >= 0.3 is 0 Å². The van der Waals surface area contributed by atoms with Crippen LogP contribution in [0.1, 0.15) is 86.1 Å². The molecule has 1 aromatic heterocycles. The SMILES string of the molecule is CCC1CCCCN1C(=O)c1ccnc(C(=O)N2CCCCC2CC)c1. The lowest BCUT2D eigenvalue weighted by atomic mass is 9.98. The van der Waals surface area contributed by atoms with Crippen LogP contribution < -0.4 is 0 Å². The maximum atomic E-state index is 13.0. The molecule has 2 fully saturated rings. The van der Waals surface area contributed by atoms with Crippen LogP contribution in [-0.4, -0.2) is 51.8 Å². The number of carbonyl (C=O) groups is 2.